The molecule has 168 valence electrons. The van der Waals surface area contributed by atoms with Gasteiger partial charge in [0.05, 0.1) is 18.1 Å². The number of ether oxygens (including phenoxy) is 2. The van der Waals surface area contributed by atoms with E-state index in [1.807, 2.05) is 37.3 Å². The van der Waals surface area contributed by atoms with Crippen LogP contribution in [0.2, 0.25) is 0 Å². The Bertz CT molecular complexity index is 942. The molecule has 1 N–H and O–H groups in total. The van der Waals surface area contributed by atoms with E-state index in [1.54, 1.807) is 24.0 Å². The van der Waals surface area contributed by atoms with Crippen LogP contribution >= 0.6 is 0 Å². The number of amides is 1. The van der Waals surface area contributed by atoms with Gasteiger partial charge in [-0.25, -0.2) is 13.1 Å². The zero-order chi connectivity index (χ0) is 22.3. The van der Waals surface area contributed by atoms with Gasteiger partial charge in [-0.2, -0.15) is 0 Å². The van der Waals surface area contributed by atoms with Crippen molar-refractivity contribution in [3.05, 3.63) is 60.2 Å². The standard InChI is InChI=1S/C23H30N2O5S/c1-18(8-9-20-6-4-3-5-7-20)24-31(27,28)22-12-10-21(11-13-22)30-19(2)23(26)25-14-16-29-17-15-25/h3-7,10-13,18-19,24H,8-9,14-17H2,1-2H3/t18-,19-/m0/s1. The van der Waals surface area contributed by atoms with E-state index in [0.717, 1.165) is 6.42 Å². The molecule has 2 atom stereocenters. The van der Waals surface area contributed by atoms with Crippen molar-refractivity contribution in [2.24, 2.45) is 0 Å². The van der Waals surface area contributed by atoms with Crippen LogP contribution in [0.1, 0.15) is 25.8 Å². The third-order valence-electron chi connectivity index (χ3n) is 5.18. The minimum atomic E-state index is -3.64. The summed E-state index contributed by atoms with van der Waals surface area (Å²) >= 11 is 0. The fraction of sp³-hybridized carbons (Fsp3) is 0.435. The van der Waals surface area contributed by atoms with Crippen LogP contribution in [-0.4, -0.2) is 57.7 Å². The average Bonchev–Trinajstić information content (AvgIpc) is 2.78. The number of aryl methyl sites for hydroxylation is 1. The quantitative estimate of drug-likeness (QED) is 0.640. The molecule has 0 unspecified atom stereocenters. The molecule has 7 nitrogen and oxygen atoms in total. The summed E-state index contributed by atoms with van der Waals surface area (Å²) in [7, 11) is -3.64. The van der Waals surface area contributed by atoms with Crippen molar-refractivity contribution in [1.82, 2.24) is 9.62 Å². The van der Waals surface area contributed by atoms with E-state index in [9.17, 15) is 13.2 Å². The molecule has 0 aromatic heterocycles. The minimum absolute atomic E-state index is 0.103. The first-order valence-electron chi connectivity index (χ1n) is 10.5. The SMILES string of the molecule is C[C@H](Oc1ccc(S(=O)(=O)N[C@@H](C)CCc2ccccc2)cc1)C(=O)N1CCOCC1. The molecule has 1 aliphatic heterocycles. The first-order chi connectivity index (χ1) is 14.8. The van der Waals surface area contributed by atoms with Crippen molar-refractivity contribution in [1.29, 1.82) is 0 Å². The number of carbonyl (C=O) groups excluding carboxylic acids is 1. The number of hydrogen-bond acceptors (Lipinski definition) is 5. The fourth-order valence-electron chi connectivity index (χ4n) is 3.41. The van der Waals surface area contributed by atoms with Gasteiger partial charge in [0.2, 0.25) is 10.0 Å². The number of morpholine rings is 1. The Morgan fingerprint density at radius 3 is 2.35 bits per heavy atom. The topological polar surface area (TPSA) is 84.9 Å². The van der Waals surface area contributed by atoms with Crippen LogP contribution in [0.15, 0.2) is 59.5 Å². The second kappa shape index (κ2) is 10.7. The van der Waals surface area contributed by atoms with Crippen LogP contribution in [0.5, 0.6) is 5.75 Å². The lowest BCUT2D eigenvalue weighted by atomic mass is 10.1. The van der Waals surface area contributed by atoms with E-state index in [4.69, 9.17) is 9.47 Å². The summed E-state index contributed by atoms with van der Waals surface area (Å²) in [5, 5.41) is 0. The summed E-state index contributed by atoms with van der Waals surface area (Å²) in [4.78, 5) is 14.3. The number of benzene rings is 2. The highest BCUT2D eigenvalue weighted by molar-refractivity contribution is 7.89. The Labute approximate surface area is 184 Å². The molecular weight excluding hydrogens is 416 g/mol. The lowest BCUT2D eigenvalue weighted by molar-refractivity contribution is -0.142. The van der Waals surface area contributed by atoms with E-state index in [2.05, 4.69) is 4.72 Å². The van der Waals surface area contributed by atoms with Gasteiger partial charge in [-0.05, 0) is 56.5 Å². The van der Waals surface area contributed by atoms with Crippen molar-refractivity contribution >= 4 is 15.9 Å². The van der Waals surface area contributed by atoms with Crippen LogP contribution in [0.3, 0.4) is 0 Å². The maximum absolute atomic E-state index is 12.7. The molecule has 1 heterocycles. The van der Waals surface area contributed by atoms with Gasteiger partial charge in [-0.1, -0.05) is 30.3 Å². The monoisotopic (exact) mass is 446 g/mol. The van der Waals surface area contributed by atoms with Gasteiger partial charge in [0.15, 0.2) is 6.10 Å². The first kappa shape index (κ1) is 23.2. The van der Waals surface area contributed by atoms with Crippen molar-refractivity contribution in [2.45, 2.75) is 43.7 Å². The molecule has 1 aliphatic rings. The number of nitrogens with one attached hydrogen (secondary N) is 1. The van der Waals surface area contributed by atoms with Gasteiger partial charge in [-0.3, -0.25) is 4.79 Å². The third kappa shape index (κ3) is 6.78. The molecule has 2 aromatic rings. The molecule has 1 saturated heterocycles. The van der Waals surface area contributed by atoms with Crippen LogP contribution in [0.25, 0.3) is 0 Å². The number of sulfonamides is 1. The number of carbonyl (C=O) groups is 1. The molecule has 0 bridgehead atoms. The third-order valence-corrected chi connectivity index (χ3v) is 6.79. The van der Waals surface area contributed by atoms with Crippen LogP contribution < -0.4 is 9.46 Å². The highest BCUT2D eigenvalue weighted by Crippen LogP contribution is 2.19. The molecule has 0 spiro atoms. The van der Waals surface area contributed by atoms with Crippen molar-refractivity contribution in [3.8, 4) is 5.75 Å². The summed E-state index contributed by atoms with van der Waals surface area (Å²) < 4.78 is 39.1. The van der Waals surface area contributed by atoms with Crippen molar-refractivity contribution in [3.63, 3.8) is 0 Å². The van der Waals surface area contributed by atoms with Crippen molar-refractivity contribution < 1.29 is 22.7 Å². The molecule has 2 aromatic carbocycles. The normalized spacial score (nSPS) is 16.5. The van der Waals surface area contributed by atoms with E-state index in [-0.39, 0.29) is 16.8 Å². The number of hydrogen-bond donors (Lipinski definition) is 1. The van der Waals surface area contributed by atoms with E-state index >= 15 is 0 Å². The van der Waals surface area contributed by atoms with Gasteiger partial charge in [-0.15, -0.1) is 0 Å². The second-order valence-corrected chi connectivity index (χ2v) is 9.43. The first-order valence-corrected chi connectivity index (χ1v) is 12.0. The Balaban J connectivity index is 1.53. The van der Waals surface area contributed by atoms with E-state index < -0.39 is 16.1 Å². The Morgan fingerprint density at radius 2 is 1.71 bits per heavy atom. The second-order valence-electron chi connectivity index (χ2n) is 7.72. The molecule has 3 rings (SSSR count). The molecule has 0 radical (unpaired) electrons. The van der Waals surface area contributed by atoms with Crippen LogP contribution in [0, 0.1) is 0 Å². The lowest BCUT2D eigenvalue weighted by Gasteiger charge is -2.29. The zero-order valence-corrected chi connectivity index (χ0v) is 18.8. The molecule has 8 heteroatoms. The van der Waals surface area contributed by atoms with Gasteiger partial charge in [0.1, 0.15) is 5.75 Å². The molecule has 1 fully saturated rings. The lowest BCUT2D eigenvalue weighted by Crippen LogP contribution is -2.46. The highest BCUT2D eigenvalue weighted by atomic mass is 32.2. The van der Waals surface area contributed by atoms with Crippen LogP contribution in [-0.2, 0) is 26.0 Å². The zero-order valence-electron chi connectivity index (χ0n) is 18.0. The Kier molecular flexibility index (Phi) is 8.06. The maximum Gasteiger partial charge on any atom is 0.263 e. The summed E-state index contributed by atoms with van der Waals surface area (Å²) in [6.45, 7) is 5.72. The molecular formula is C23H30N2O5S. The smallest absolute Gasteiger partial charge is 0.263 e. The number of rotatable bonds is 9. The molecule has 0 aliphatic carbocycles. The average molecular weight is 447 g/mol. The van der Waals surface area contributed by atoms with Gasteiger partial charge in [0.25, 0.3) is 5.91 Å². The summed E-state index contributed by atoms with van der Waals surface area (Å²) in [6, 6.07) is 15.9. The Hall–Kier alpha value is -2.42. The minimum Gasteiger partial charge on any atom is -0.481 e. The fourth-order valence-corrected chi connectivity index (χ4v) is 4.69. The Morgan fingerprint density at radius 1 is 1.06 bits per heavy atom. The van der Waals surface area contributed by atoms with Crippen LogP contribution in [0.4, 0.5) is 0 Å². The molecule has 0 saturated carbocycles. The largest absolute Gasteiger partial charge is 0.481 e. The predicted molar refractivity (Wildman–Crippen MR) is 118 cm³/mol. The van der Waals surface area contributed by atoms with Gasteiger partial charge in [0, 0.05) is 19.1 Å². The maximum atomic E-state index is 12.7. The summed E-state index contributed by atoms with van der Waals surface area (Å²) in [5.41, 5.74) is 1.18. The van der Waals surface area contributed by atoms with E-state index in [1.165, 1.54) is 17.7 Å². The van der Waals surface area contributed by atoms with Gasteiger partial charge < -0.3 is 14.4 Å². The molecule has 31 heavy (non-hydrogen) atoms. The number of nitrogens with zero attached hydrogens (tertiary/aromatic N) is 1. The van der Waals surface area contributed by atoms with Gasteiger partial charge >= 0.3 is 0 Å². The predicted octanol–water partition coefficient (Wildman–Crippen LogP) is 2.61. The highest BCUT2D eigenvalue weighted by Gasteiger charge is 2.24. The summed E-state index contributed by atoms with van der Waals surface area (Å²) in [5.74, 6) is 0.346. The van der Waals surface area contributed by atoms with E-state index in [0.29, 0.717) is 38.5 Å². The summed E-state index contributed by atoms with van der Waals surface area (Å²) in [6.07, 6.45) is 0.842. The van der Waals surface area contributed by atoms with Crippen molar-refractivity contribution in [2.75, 3.05) is 26.3 Å². The molecule has 1 amide bonds.